The minimum Gasteiger partial charge on any atom is -0.497 e. The summed E-state index contributed by atoms with van der Waals surface area (Å²) in [7, 11) is 1.63. The maximum atomic E-state index is 12.7. The van der Waals surface area contributed by atoms with Crippen LogP contribution in [-0.2, 0) is 4.79 Å². The van der Waals surface area contributed by atoms with Gasteiger partial charge in [-0.25, -0.2) is 0 Å². The van der Waals surface area contributed by atoms with Crippen LogP contribution in [-0.4, -0.2) is 43.0 Å². The summed E-state index contributed by atoms with van der Waals surface area (Å²) in [5.41, 5.74) is 1.64. The van der Waals surface area contributed by atoms with E-state index >= 15 is 0 Å². The van der Waals surface area contributed by atoms with Gasteiger partial charge in [-0.3, -0.25) is 9.59 Å². The number of carbonyl (C=O) groups is 2. The van der Waals surface area contributed by atoms with Crippen molar-refractivity contribution in [1.29, 1.82) is 0 Å². The van der Waals surface area contributed by atoms with Gasteiger partial charge in [0.25, 0.3) is 5.91 Å². The Balaban J connectivity index is 1.71. The predicted octanol–water partition coefficient (Wildman–Crippen LogP) is 3.30. The van der Waals surface area contributed by atoms with Crippen molar-refractivity contribution in [2.75, 3.05) is 20.2 Å². The Morgan fingerprint density at radius 1 is 1.38 bits per heavy atom. The lowest BCUT2D eigenvalue weighted by Crippen LogP contribution is -2.56. The molecule has 2 aliphatic rings. The number of amides is 2. The van der Waals surface area contributed by atoms with E-state index in [2.05, 4.69) is 17.1 Å². The lowest BCUT2D eigenvalue weighted by atomic mass is 9.74. The van der Waals surface area contributed by atoms with Gasteiger partial charge in [-0.1, -0.05) is 13.3 Å². The van der Waals surface area contributed by atoms with Crippen LogP contribution < -0.4 is 10.1 Å². The van der Waals surface area contributed by atoms with Gasteiger partial charge in [-0.2, -0.15) is 0 Å². The number of ether oxygens (including phenoxy) is 1. The van der Waals surface area contributed by atoms with Crippen LogP contribution >= 0.6 is 0 Å². The molecule has 3 rings (SSSR count). The molecular formula is C21H30N2O3. The van der Waals surface area contributed by atoms with Crippen molar-refractivity contribution in [2.24, 2.45) is 5.41 Å². The number of fused-ring (bicyclic) bond motifs is 1. The maximum Gasteiger partial charge on any atom is 0.251 e. The van der Waals surface area contributed by atoms with Gasteiger partial charge in [0.05, 0.1) is 7.11 Å². The van der Waals surface area contributed by atoms with Crippen LogP contribution in [0, 0.1) is 12.3 Å². The number of carbonyl (C=O) groups excluding carboxylic acids is 2. The molecule has 0 spiro atoms. The summed E-state index contributed by atoms with van der Waals surface area (Å²) < 4.78 is 5.22. The monoisotopic (exact) mass is 358 g/mol. The molecule has 5 nitrogen and oxygen atoms in total. The molecule has 0 bridgehead atoms. The Kier molecular flexibility index (Phi) is 5.54. The molecule has 1 aromatic carbocycles. The van der Waals surface area contributed by atoms with E-state index < -0.39 is 0 Å². The molecule has 1 saturated heterocycles. The first-order chi connectivity index (χ1) is 12.5. The summed E-state index contributed by atoms with van der Waals surface area (Å²) in [6.07, 6.45) is 5.76. The van der Waals surface area contributed by atoms with Crippen molar-refractivity contribution in [3.05, 3.63) is 29.3 Å². The fourth-order valence-electron chi connectivity index (χ4n) is 4.76. The molecule has 2 fully saturated rings. The van der Waals surface area contributed by atoms with E-state index in [1.165, 1.54) is 0 Å². The normalized spacial score (nSPS) is 25.1. The van der Waals surface area contributed by atoms with Gasteiger partial charge in [0.15, 0.2) is 0 Å². The second kappa shape index (κ2) is 7.68. The Hall–Kier alpha value is -2.04. The Labute approximate surface area is 156 Å². The highest BCUT2D eigenvalue weighted by Gasteiger charge is 2.49. The molecule has 0 unspecified atom stereocenters. The highest BCUT2D eigenvalue weighted by Crippen LogP contribution is 2.47. The molecule has 1 aromatic rings. The van der Waals surface area contributed by atoms with Crippen molar-refractivity contribution in [2.45, 2.75) is 58.4 Å². The molecule has 2 atom stereocenters. The minimum absolute atomic E-state index is 0.0379. The largest absolute Gasteiger partial charge is 0.497 e. The van der Waals surface area contributed by atoms with E-state index in [-0.39, 0.29) is 23.3 Å². The lowest BCUT2D eigenvalue weighted by molar-refractivity contribution is -0.141. The average molecular weight is 358 g/mol. The van der Waals surface area contributed by atoms with E-state index in [4.69, 9.17) is 4.74 Å². The predicted molar refractivity (Wildman–Crippen MR) is 101 cm³/mol. The molecule has 142 valence electrons. The standard InChI is InChI=1S/C21H30N2O3/c1-4-12-23-18-6-5-10-21(18,11-9-19(23)24)14-22-20(25)17-8-7-16(26-3)13-15(17)2/h7-8,13,18H,4-6,9-12,14H2,1-3H3,(H,22,25)/t18-,21+/m1/s1. The Bertz CT molecular complexity index is 688. The number of nitrogens with zero attached hydrogens (tertiary/aromatic N) is 1. The molecule has 1 heterocycles. The summed E-state index contributed by atoms with van der Waals surface area (Å²) in [4.78, 5) is 27.2. The van der Waals surface area contributed by atoms with Crippen molar-refractivity contribution < 1.29 is 14.3 Å². The van der Waals surface area contributed by atoms with Crippen LogP contribution in [0.5, 0.6) is 5.75 Å². The Morgan fingerprint density at radius 3 is 2.88 bits per heavy atom. The van der Waals surface area contributed by atoms with Crippen molar-refractivity contribution in [3.8, 4) is 5.75 Å². The molecule has 0 radical (unpaired) electrons. The van der Waals surface area contributed by atoms with Crippen LogP contribution in [0.15, 0.2) is 18.2 Å². The first-order valence-electron chi connectivity index (χ1n) is 9.73. The third-order valence-electron chi connectivity index (χ3n) is 6.14. The van der Waals surface area contributed by atoms with Crippen molar-refractivity contribution in [1.82, 2.24) is 10.2 Å². The molecule has 26 heavy (non-hydrogen) atoms. The number of likely N-dealkylation sites (tertiary alicyclic amines) is 1. The van der Waals surface area contributed by atoms with E-state index in [1.54, 1.807) is 7.11 Å². The zero-order chi connectivity index (χ0) is 18.7. The number of nitrogens with one attached hydrogen (secondary N) is 1. The van der Waals surface area contributed by atoms with Gasteiger partial charge >= 0.3 is 0 Å². The molecular weight excluding hydrogens is 328 g/mol. The van der Waals surface area contributed by atoms with Crippen molar-refractivity contribution >= 4 is 11.8 Å². The van der Waals surface area contributed by atoms with E-state index in [1.807, 2.05) is 25.1 Å². The molecule has 5 heteroatoms. The van der Waals surface area contributed by atoms with Crippen LogP contribution in [0.25, 0.3) is 0 Å². The fraction of sp³-hybridized carbons (Fsp3) is 0.619. The van der Waals surface area contributed by atoms with Crippen LogP contribution in [0.3, 0.4) is 0 Å². The number of hydrogen-bond acceptors (Lipinski definition) is 3. The van der Waals surface area contributed by atoms with Gasteiger partial charge in [0.2, 0.25) is 5.91 Å². The first-order valence-corrected chi connectivity index (χ1v) is 9.73. The molecule has 0 aromatic heterocycles. The fourth-order valence-corrected chi connectivity index (χ4v) is 4.76. The highest BCUT2D eigenvalue weighted by molar-refractivity contribution is 5.95. The topological polar surface area (TPSA) is 58.6 Å². The highest BCUT2D eigenvalue weighted by atomic mass is 16.5. The van der Waals surface area contributed by atoms with Gasteiger partial charge < -0.3 is 15.0 Å². The van der Waals surface area contributed by atoms with Crippen LogP contribution in [0.2, 0.25) is 0 Å². The zero-order valence-electron chi connectivity index (χ0n) is 16.1. The number of methoxy groups -OCH3 is 1. The summed E-state index contributed by atoms with van der Waals surface area (Å²) in [5, 5.41) is 3.17. The van der Waals surface area contributed by atoms with E-state index in [0.717, 1.165) is 50.0 Å². The molecule has 1 aliphatic carbocycles. The van der Waals surface area contributed by atoms with E-state index in [0.29, 0.717) is 18.5 Å². The number of aryl methyl sites for hydroxylation is 1. The van der Waals surface area contributed by atoms with Crippen LogP contribution in [0.4, 0.5) is 0 Å². The average Bonchev–Trinajstić information content (AvgIpc) is 3.06. The summed E-state index contributed by atoms with van der Waals surface area (Å²) in [6, 6.07) is 5.80. The Morgan fingerprint density at radius 2 is 2.19 bits per heavy atom. The molecule has 2 amide bonds. The molecule has 1 saturated carbocycles. The summed E-state index contributed by atoms with van der Waals surface area (Å²) in [6.45, 7) is 5.52. The number of hydrogen-bond donors (Lipinski definition) is 1. The van der Waals surface area contributed by atoms with Gasteiger partial charge in [-0.15, -0.1) is 0 Å². The molecule has 1 aliphatic heterocycles. The number of rotatable bonds is 6. The van der Waals surface area contributed by atoms with Crippen molar-refractivity contribution in [3.63, 3.8) is 0 Å². The SMILES string of the molecule is CCCN1C(=O)CC[C@]2(CNC(=O)c3ccc(OC)cc3C)CCC[C@@H]12. The van der Waals surface area contributed by atoms with E-state index in [9.17, 15) is 9.59 Å². The summed E-state index contributed by atoms with van der Waals surface area (Å²) in [5.74, 6) is 1.00. The number of benzene rings is 1. The van der Waals surface area contributed by atoms with Gasteiger partial charge in [0, 0.05) is 36.5 Å². The minimum atomic E-state index is -0.0379. The quantitative estimate of drug-likeness (QED) is 0.849. The lowest BCUT2D eigenvalue weighted by Gasteiger charge is -2.46. The maximum absolute atomic E-state index is 12.7. The molecule has 1 N–H and O–H groups in total. The summed E-state index contributed by atoms with van der Waals surface area (Å²) >= 11 is 0. The second-order valence-electron chi connectivity index (χ2n) is 7.72. The number of piperidine rings is 1. The van der Waals surface area contributed by atoms with Crippen LogP contribution in [0.1, 0.15) is 61.4 Å². The van der Waals surface area contributed by atoms with Gasteiger partial charge in [0.1, 0.15) is 5.75 Å². The zero-order valence-corrected chi connectivity index (χ0v) is 16.1. The second-order valence-corrected chi connectivity index (χ2v) is 7.72. The third kappa shape index (κ3) is 3.44. The first kappa shape index (κ1) is 18.7. The smallest absolute Gasteiger partial charge is 0.251 e. The third-order valence-corrected chi connectivity index (χ3v) is 6.14. The van der Waals surface area contributed by atoms with Gasteiger partial charge in [-0.05, 0) is 56.4 Å².